The predicted molar refractivity (Wildman–Crippen MR) is 90.6 cm³/mol. The number of anilines is 1. The van der Waals surface area contributed by atoms with Crippen LogP contribution in [0.15, 0.2) is 60.7 Å². The van der Waals surface area contributed by atoms with Crippen molar-refractivity contribution in [2.75, 3.05) is 5.32 Å². The van der Waals surface area contributed by atoms with Gasteiger partial charge >= 0.3 is 5.97 Å². The third-order valence-corrected chi connectivity index (χ3v) is 3.37. The summed E-state index contributed by atoms with van der Waals surface area (Å²) in [5.74, 6) is -1.12. The first kappa shape index (κ1) is 17.4. The van der Waals surface area contributed by atoms with Crippen molar-refractivity contribution >= 4 is 23.3 Å². The van der Waals surface area contributed by atoms with Crippen LogP contribution in [0, 0.1) is 0 Å². The minimum Gasteiger partial charge on any atom is -0.453 e. The maximum Gasteiger partial charge on any atom is 0.307 e. The van der Waals surface area contributed by atoms with E-state index in [1.165, 1.54) is 6.92 Å². The lowest BCUT2D eigenvalue weighted by Crippen LogP contribution is -2.30. The molecule has 2 aromatic carbocycles. The molecule has 0 fully saturated rings. The molecule has 0 spiro atoms. The van der Waals surface area contributed by atoms with Crippen molar-refractivity contribution in [1.29, 1.82) is 0 Å². The minimum absolute atomic E-state index is 0.0515. The van der Waals surface area contributed by atoms with Crippen LogP contribution < -0.4 is 5.32 Å². The van der Waals surface area contributed by atoms with Gasteiger partial charge in [0.2, 0.25) is 0 Å². The summed E-state index contributed by atoms with van der Waals surface area (Å²) in [6.07, 6.45) is -0.934. The molecule has 0 aromatic heterocycles. The molecule has 0 aliphatic carbocycles. The number of carbonyl (C=O) groups is 3. The molecule has 1 amide bonds. The third-order valence-electron chi connectivity index (χ3n) is 3.37. The van der Waals surface area contributed by atoms with Gasteiger partial charge in [0.1, 0.15) is 0 Å². The van der Waals surface area contributed by atoms with Gasteiger partial charge in [-0.1, -0.05) is 48.5 Å². The highest BCUT2D eigenvalue weighted by Gasteiger charge is 2.18. The lowest BCUT2D eigenvalue weighted by atomic mass is 10.1. The second-order valence-electron chi connectivity index (χ2n) is 5.28. The number of carbonyl (C=O) groups excluding carboxylic acids is 3. The lowest BCUT2D eigenvalue weighted by molar-refractivity contribution is -0.153. The van der Waals surface area contributed by atoms with Gasteiger partial charge in [0, 0.05) is 17.7 Å². The summed E-state index contributed by atoms with van der Waals surface area (Å²) in [6, 6.07) is 17.6. The zero-order valence-corrected chi connectivity index (χ0v) is 13.4. The van der Waals surface area contributed by atoms with Crippen LogP contribution in [0.5, 0.6) is 0 Å². The summed E-state index contributed by atoms with van der Waals surface area (Å²) < 4.78 is 5.07. The Balaban J connectivity index is 1.77. The molecule has 5 heteroatoms. The molecule has 0 aliphatic rings. The van der Waals surface area contributed by atoms with Gasteiger partial charge in [-0.05, 0) is 19.1 Å². The molecule has 0 saturated heterocycles. The fourth-order valence-corrected chi connectivity index (χ4v) is 2.06. The number of nitrogens with one attached hydrogen (secondary N) is 1. The molecule has 0 radical (unpaired) electrons. The van der Waals surface area contributed by atoms with Crippen LogP contribution in [-0.4, -0.2) is 23.8 Å². The molecule has 5 nitrogen and oxygen atoms in total. The number of ketones is 1. The Kier molecular flexibility index (Phi) is 6.25. The molecule has 1 atom stereocenters. The zero-order chi connectivity index (χ0) is 17.4. The first-order chi connectivity index (χ1) is 11.6. The molecule has 124 valence electrons. The van der Waals surface area contributed by atoms with E-state index >= 15 is 0 Å². The van der Waals surface area contributed by atoms with Crippen LogP contribution in [0.2, 0.25) is 0 Å². The number of ether oxygens (including phenoxy) is 1. The summed E-state index contributed by atoms with van der Waals surface area (Å²) in [7, 11) is 0. The van der Waals surface area contributed by atoms with E-state index in [0.29, 0.717) is 11.3 Å². The molecule has 24 heavy (non-hydrogen) atoms. The van der Waals surface area contributed by atoms with E-state index in [-0.39, 0.29) is 18.6 Å². The molecular formula is C19H19NO4. The normalized spacial score (nSPS) is 11.4. The molecule has 0 bridgehead atoms. The monoisotopic (exact) mass is 325 g/mol. The van der Waals surface area contributed by atoms with Crippen molar-refractivity contribution in [3.63, 3.8) is 0 Å². The van der Waals surface area contributed by atoms with Gasteiger partial charge in [-0.25, -0.2) is 0 Å². The Bertz CT molecular complexity index is 698. The summed E-state index contributed by atoms with van der Waals surface area (Å²) in [6.45, 7) is 1.50. The topological polar surface area (TPSA) is 72.5 Å². The first-order valence-electron chi connectivity index (χ1n) is 7.70. The first-order valence-corrected chi connectivity index (χ1v) is 7.70. The van der Waals surface area contributed by atoms with Gasteiger partial charge in [0.25, 0.3) is 5.91 Å². The highest BCUT2D eigenvalue weighted by Crippen LogP contribution is 2.09. The lowest BCUT2D eigenvalue weighted by Gasteiger charge is -2.13. The van der Waals surface area contributed by atoms with Crippen molar-refractivity contribution in [2.24, 2.45) is 0 Å². The van der Waals surface area contributed by atoms with Gasteiger partial charge in [0.15, 0.2) is 11.9 Å². The number of rotatable bonds is 7. The van der Waals surface area contributed by atoms with Gasteiger partial charge in [-0.15, -0.1) is 0 Å². The van der Waals surface area contributed by atoms with E-state index < -0.39 is 18.0 Å². The third kappa shape index (κ3) is 5.35. The maximum absolute atomic E-state index is 12.0. The summed E-state index contributed by atoms with van der Waals surface area (Å²) in [5.41, 5.74) is 1.19. The molecular weight excluding hydrogens is 306 g/mol. The molecule has 2 rings (SSSR count). The van der Waals surface area contributed by atoms with E-state index in [0.717, 1.165) is 0 Å². The fourth-order valence-electron chi connectivity index (χ4n) is 2.06. The van der Waals surface area contributed by atoms with Crippen LogP contribution in [0.3, 0.4) is 0 Å². The van der Waals surface area contributed by atoms with Crippen molar-refractivity contribution in [3.05, 3.63) is 66.2 Å². The Morgan fingerprint density at radius 3 is 2.12 bits per heavy atom. The number of amides is 1. The van der Waals surface area contributed by atoms with Crippen LogP contribution in [0.4, 0.5) is 5.69 Å². The van der Waals surface area contributed by atoms with E-state index in [2.05, 4.69) is 5.32 Å². The Labute approximate surface area is 140 Å². The number of para-hydroxylation sites is 1. The quantitative estimate of drug-likeness (QED) is 0.626. The van der Waals surface area contributed by atoms with Crippen LogP contribution in [0.1, 0.15) is 30.1 Å². The van der Waals surface area contributed by atoms with E-state index in [1.54, 1.807) is 48.5 Å². The number of hydrogen-bond acceptors (Lipinski definition) is 4. The summed E-state index contributed by atoms with van der Waals surface area (Å²) >= 11 is 0. The van der Waals surface area contributed by atoms with Gasteiger partial charge in [-0.3, -0.25) is 14.4 Å². The summed E-state index contributed by atoms with van der Waals surface area (Å²) in [5, 5.41) is 2.65. The van der Waals surface area contributed by atoms with E-state index in [4.69, 9.17) is 4.74 Å². The molecule has 0 unspecified atom stereocenters. The molecule has 0 heterocycles. The fraction of sp³-hybridized carbons (Fsp3) is 0.211. The van der Waals surface area contributed by atoms with Crippen LogP contribution in [0.25, 0.3) is 0 Å². The van der Waals surface area contributed by atoms with Gasteiger partial charge < -0.3 is 10.1 Å². The minimum atomic E-state index is -0.926. The van der Waals surface area contributed by atoms with Crippen molar-refractivity contribution < 1.29 is 19.1 Å². The molecule has 2 aromatic rings. The predicted octanol–water partition coefficient (Wildman–Crippen LogP) is 3.22. The van der Waals surface area contributed by atoms with E-state index in [1.807, 2.05) is 12.1 Å². The van der Waals surface area contributed by atoms with Crippen LogP contribution >= 0.6 is 0 Å². The highest BCUT2D eigenvalue weighted by atomic mass is 16.5. The molecule has 1 N–H and O–H groups in total. The number of benzene rings is 2. The second kappa shape index (κ2) is 8.62. The van der Waals surface area contributed by atoms with Crippen molar-refractivity contribution in [2.45, 2.75) is 25.9 Å². The largest absolute Gasteiger partial charge is 0.453 e. The van der Waals surface area contributed by atoms with Crippen molar-refractivity contribution in [1.82, 2.24) is 0 Å². The van der Waals surface area contributed by atoms with Gasteiger partial charge in [-0.2, -0.15) is 0 Å². The number of Topliss-reactive ketones (excluding diaryl/α,β-unsaturated/α-hetero) is 1. The average molecular weight is 325 g/mol. The van der Waals surface area contributed by atoms with Gasteiger partial charge in [0.05, 0.1) is 6.42 Å². The second-order valence-corrected chi connectivity index (χ2v) is 5.28. The average Bonchev–Trinajstić information content (AvgIpc) is 2.61. The highest BCUT2D eigenvalue weighted by molar-refractivity contribution is 5.98. The molecule has 0 saturated carbocycles. The van der Waals surface area contributed by atoms with E-state index in [9.17, 15) is 14.4 Å². The Hall–Kier alpha value is -2.95. The Morgan fingerprint density at radius 1 is 0.917 bits per heavy atom. The maximum atomic E-state index is 12.0. The summed E-state index contributed by atoms with van der Waals surface area (Å²) in [4.78, 5) is 35.7. The standard InChI is InChI=1S/C19H19NO4/c1-14(19(23)20-16-10-6-3-7-11-16)24-18(22)13-12-17(21)15-8-4-2-5-9-15/h2-11,14H,12-13H2,1H3,(H,20,23)/t14-/m1/s1. The number of esters is 1. The molecule has 0 aliphatic heterocycles. The Morgan fingerprint density at radius 2 is 1.50 bits per heavy atom. The van der Waals surface area contributed by atoms with Crippen molar-refractivity contribution in [3.8, 4) is 0 Å². The SMILES string of the molecule is C[C@@H](OC(=O)CCC(=O)c1ccccc1)C(=O)Nc1ccccc1. The smallest absolute Gasteiger partial charge is 0.307 e. The number of hydrogen-bond donors (Lipinski definition) is 1. The van der Waals surface area contributed by atoms with Crippen LogP contribution in [-0.2, 0) is 14.3 Å². The zero-order valence-electron chi connectivity index (χ0n) is 13.4.